The van der Waals surface area contributed by atoms with Crippen molar-refractivity contribution in [2.45, 2.75) is 0 Å². The second-order valence-corrected chi connectivity index (χ2v) is 4.34. The van der Waals surface area contributed by atoms with Gasteiger partial charge in [0.15, 0.2) is 0 Å². The van der Waals surface area contributed by atoms with Crippen molar-refractivity contribution in [3.8, 4) is 23.4 Å². The van der Waals surface area contributed by atoms with Crippen LogP contribution in [-0.4, -0.2) is 44.3 Å². The summed E-state index contributed by atoms with van der Waals surface area (Å²) in [4.78, 5) is 20.4. The zero-order chi connectivity index (χ0) is 16.8. The fourth-order valence-corrected chi connectivity index (χ4v) is 1.82. The van der Waals surface area contributed by atoms with Gasteiger partial charge in [0.25, 0.3) is 5.91 Å². The van der Waals surface area contributed by atoms with E-state index in [1.54, 1.807) is 18.2 Å². The molecular weight excluding hydrogens is 302 g/mol. The third-order valence-electron chi connectivity index (χ3n) is 2.97. The van der Waals surface area contributed by atoms with Crippen LogP contribution in [0.25, 0.3) is 0 Å². The monoisotopic (exact) mass is 319 g/mol. The molecule has 0 atom stereocenters. The average Bonchev–Trinajstić information content (AvgIpc) is 2.61. The van der Waals surface area contributed by atoms with Gasteiger partial charge in [-0.1, -0.05) is 0 Å². The van der Waals surface area contributed by atoms with Gasteiger partial charge in [0.1, 0.15) is 17.2 Å². The van der Waals surface area contributed by atoms with Crippen molar-refractivity contribution in [1.29, 1.82) is 0 Å². The van der Waals surface area contributed by atoms with Crippen LogP contribution in [0.15, 0.2) is 24.4 Å². The van der Waals surface area contributed by atoms with Gasteiger partial charge in [0.2, 0.25) is 5.88 Å². The molecule has 0 bridgehead atoms. The number of nitrogens with one attached hydrogen (secondary N) is 1. The van der Waals surface area contributed by atoms with Crippen LogP contribution in [0.1, 0.15) is 10.4 Å². The Morgan fingerprint density at radius 3 is 2.13 bits per heavy atom. The van der Waals surface area contributed by atoms with Crippen molar-refractivity contribution in [1.82, 2.24) is 9.97 Å². The number of rotatable bonds is 6. The second kappa shape index (κ2) is 7.30. The molecule has 8 nitrogen and oxygen atoms in total. The third kappa shape index (κ3) is 3.79. The Morgan fingerprint density at radius 2 is 1.61 bits per heavy atom. The van der Waals surface area contributed by atoms with Crippen LogP contribution >= 0.6 is 0 Å². The van der Waals surface area contributed by atoms with Crippen LogP contribution in [0.5, 0.6) is 23.4 Å². The maximum Gasteiger partial charge on any atom is 0.319 e. The lowest BCUT2D eigenvalue weighted by Crippen LogP contribution is -2.14. The first-order chi connectivity index (χ1) is 11.1. The number of carbonyl (C=O) groups excluding carboxylic acids is 1. The maximum atomic E-state index is 12.4. The third-order valence-corrected chi connectivity index (χ3v) is 2.97. The molecule has 0 spiro atoms. The predicted octanol–water partition coefficient (Wildman–Crippen LogP) is 1.76. The van der Waals surface area contributed by atoms with E-state index >= 15 is 0 Å². The number of ether oxygens (including phenoxy) is 4. The Kier molecular flexibility index (Phi) is 5.19. The van der Waals surface area contributed by atoms with Crippen molar-refractivity contribution in [3.63, 3.8) is 0 Å². The van der Waals surface area contributed by atoms with Gasteiger partial charge in [-0.3, -0.25) is 4.79 Å². The zero-order valence-corrected chi connectivity index (χ0v) is 13.2. The lowest BCUT2D eigenvalue weighted by Gasteiger charge is -2.11. The van der Waals surface area contributed by atoms with Gasteiger partial charge >= 0.3 is 6.01 Å². The first-order valence-corrected chi connectivity index (χ1v) is 6.60. The van der Waals surface area contributed by atoms with Crippen molar-refractivity contribution in [3.05, 3.63) is 30.0 Å². The number of hydrogen-bond donors (Lipinski definition) is 1. The van der Waals surface area contributed by atoms with Crippen LogP contribution < -0.4 is 24.3 Å². The van der Waals surface area contributed by atoms with E-state index in [2.05, 4.69) is 15.3 Å². The summed E-state index contributed by atoms with van der Waals surface area (Å²) in [7, 11) is 5.90. The largest absolute Gasteiger partial charge is 0.497 e. The fourth-order valence-electron chi connectivity index (χ4n) is 1.82. The minimum absolute atomic E-state index is 0.142. The summed E-state index contributed by atoms with van der Waals surface area (Å²) in [5, 5.41) is 2.68. The first kappa shape index (κ1) is 16.3. The van der Waals surface area contributed by atoms with Crippen LogP contribution in [0, 0.1) is 0 Å². The number of aromatic nitrogens is 2. The molecule has 1 N–H and O–H groups in total. The molecular formula is C15H17N3O5. The summed E-state index contributed by atoms with van der Waals surface area (Å²) < 4.78 is 20.3. The van der Waals surface area contributed by atoms with Crippen LogP contribution in [0.4, 0.5) is 5.69 Å². The molecule has 122 valence electrons. The molecule has 0 saturated heterocycles. The Hall–Kier alpha value is -3.03. The average molecular weight is 319 g/mol. The molecule has 0 saturated carbocycles. The SMILES string of the molecule is COc1cc(OC)cc(C(=O)Nc2cnc(OC)nc2OC)c1. The molecule has 0 unspecified atom stereocenters. The lowest BCUT2D eigenvalue weighted by atomic mass is 10.2. The summed E-state index contributed by atoms with van der Waals surface area (Å²) in [6.45, 7) is 0. The highest BCUT2D eigenvalue weighted by Crippen LogP contribution is 2.26. The molecule has 0 aliphatic heterocycles. The van der Waals surface area contributed by atoms with Gasteiger partial charge in [0, 0.05) is 11.6 Å². The minimum Gasteiger partial charge on any atom is -0.497 e. The summed E-state index contributed by atoms with van der Waals surface area (Å²) in [6.07, 6.45) is 1.40. The molecule has 0 fully saturated rings. The summed E-state index contributed by atoms with van der Waals surface area (Å²) in [5.74, 6) is 0.828. The number of nitrogens with zero attached hydrogens (tertiary/aromatic N) is 2. The molecule has 0 radical (unpaired) electrons. The van der Waals surface area contributed by atoms with Gasteiger partial charge in [0.05, 0.1) is 34.6 Å². The highest BCUT2D eigenvalue weighted by Gasteiger charge is 2.14. The molecule has 8 heteroatoms. The van der Waals surface area contributed by atoms with Crippen LogP contribution in [0.3, 0.4) is 0 Å². The zero-order valence-electron chi connectivity index (χ0n) is 13.2. The predicted molar refractivity (Wildman–Crippen MR) is 82.6 cm³/mol. The molecule has 23 heavy (non-hydrogen) atoms. The fraction of sp³-hybridized carbons (Fsp3) is 0.267. The molecule has 2 aromatic rings. The van der Waals surface area contributed by atoms with E-state index in [0.29, 0.717) is 22.7 Å². The van der Waals surface area contributed by atoms with E-state index in [9.17, 15) is 4.79 Å². The van der Waals surface area contributed by atoms with Gasteiger partial charge in [-0.25, -0.2) is 4.98 Å². The summed E-state index contributed by atoms with van der Waals surface area (Å²) in [5.41, 5.74) is 0.680. The number of benzene rings is 1. The molecule has 0 aliphatic rings. The second-order valence-electron chi connectivity index (χ2n) is 4.34. The van der Waals surface area contributed by atoms with E-state index < -0.39 is 0 Å². The minimum atomic E-state index is -0.380. The number of amides is 1. The molecule has 2 rings (SSSR count). The number of anilines is 1. The highest BCUT2D eigenvalue weighted by molar-refractivity contribution is 6.05. The van der Waals surface area contributed by atoms with Gasteiger partial charge in [-0.15, -0.1) is 0 Å². The quantitative estimate of drug-likeness (QED) is 0.867. The highest BCUT2D eigenvalue weighted by atomic mass is 16.5. The van der Waals surface area contributed by atoms with Gasteiger partial charge in [-0.2, -0.15) is 4.98 Å². The Morgan fingerprint density at radius 1 is 0.957 bits per heavy atom. The summed E-state index contributed by atoms with van der Waals surface area (Å²) >= 11 is 0. The standard InChI is InChI=1S/C15H17N3O5/c1-20-10-5-9(6-11(7-10)21-2)13(19)17-12-8-16-15(23-4)18-14(12)22-3/h5-8H,1-4H3,(H,17,19). The Balaban J connectivity index is 2.28. The number of methoxy groups -OCH3 is 4. The van der Waals surface area contributed by atoms with Crippen molar-refractivity contribution in [2.24, 2.45) is 0 Å². The van der Waals surface area contributed by atoms with Gasteiger partial charge in [-0.05, 0) is 12.1 Å². The lowest BCUT2D eigenvalue weighted by molar-refractivity contribution is 0.102. The topological polar surface area (TPSA) is 91.8 Å². The molecule has 1 heterocycles. The van der Waals surface area contributed by atoms with Crippen molar-refractivity contribution < 1.29 is 23.7 Å². The van der Waals surface area contributed by atoms with Crippen molar-refractivity contribution in [2.75, 3.05) is 33.8 Å². The normalized spacial score (nSPS) is 9.91. The van der Waals surface area contributed by atoms with Crippen molar-refractivity contribution >= 4 is 11.6 Å². The van der Waals surface area contributed by atoms with Gasteiger partial charge < -0.3 is 24.3 Å². The Labute approximate surface area is 133 Å². The van der Waals surface area contributed by atoms with Crippen LogP contribution in [-0.2, 0) is 0 Å². The molecule has 0 aliphatic carbocycles. The van der Waals surface area contributed by atoms with E-state index in [1.807, 2.05) is 0 Å². The van der Waals surface area contributed by atoms with Crippen LogP contribution in [0.2, 0.25) is 0 Å². The molecule has 1 aromatic carbocycles. The van der Waals surface area contributed by atoms with E-state index in [4.69, 9.17) is 18.9 Å². The van der Waals surface area contributed by atoms with E-state index in [0.717, 1.165) is 0 Å². The summed E-state index contributed by atoms with van der Waals surface area (Å²) in [6, 6.07) is 5.00. The number of carbonyl (C=O) groups is 1. The maximum absolute atomic E-state index is 12.4. The first-order valence-electron chi connectivity index (χ1n) is 6.60. The Bertz CT molecular complexity index is 683. The number of hydrogen-bond acceptors (Lipinski definition) is 7. The van der Waals surface area contributed by atoms with E-state index in [-0.39, 0.29) is 17.8 Å². The molecule has 1 amide bonds. The smallest absolute Gasteiger partial charge is 0.319 e. The van der Waals surface area contributed by atoms with E-state index in [1.165, 1.54) is 34.6 Å². The molecule has 1 aromatic heterocycles.